The second-order valence-electron chi connectivity index (χ2n) is 8.92. The van der Waals surface area contributed by atoms with E-state index in [0.29, 0.717) is 29.5 Å². The number of rotatable bonds is 9. The van der Waals surface area contributed by atoms with E-state index in [1.165, 1.54) is 13.2 Å². The monoisotopic (exact) mass is 499 g/mol. The van der Waals surface area contributed by atoms with Gasteiger partial charge in [0.05, 0.1) is 18.5 Å². The van der Waals surface area contributed by atoms with E-state index in [2.05, 4.69) is 25.3 Å². The first-order valence-electron chi connectivity index (χ1n) is 11.3. The van der Waals surface area contributed by atoms with Crippen molar-refractivity contribution in [1.82, 2.24) is 19.9 Å². The maximum Gasteiger partial charge on any atom is 0.318 e. The van der Waals surface area contributed by atoms with Gasteiger partial charge >= 0.3 is 5.97 Å². The molecule has 1 aromatic carbocycles. The van der Waals surface area contributed by atoms with Crippen molar-refractivity contribution < 1.29 is 27.5 Å². The molecule has 0 amide bonds. The smallest absolute Gasteiger partial charge is 0.318 e. The van der Waals surface area contributed by atoms with Crippen LogP contribution in [0.1, 0.15) is 33.0 Å². The Kier molecular flexibility index (Phi) is 7.02. The van der Waals surface area contributed by atoms with Gasteiger partial charge in [0.25, 0.3) is 6.01 Å². The summed E-state index contributed by atoms with van der Waals surface area (Å²) in [5.41, 5.74) is 0.502. The standard InChI is InChI=1S/C25H27F2N5O4/c1-13(10-11-34-4)28-24-30-18-9-8-17(29-21(18)36-24)20-19(15-7-6-14(26)12-16(15)27)31-22(32-20)25(2,3)23(33)35-5/h6-9,12-13H,10-11H2,1-5H3,(H,28,30)(H,31,32). The zero-order valence-electron chi connectivity index (χ0n) is 20.6. The number of fused-ring (bicyclic) bond motifs is 1. The van der Waals surface area contributed by atoms with Gasteiger partial charge < -0.3 is 24.2 Å². The van der Waals surface area contributed by atoms with E-state index in [1.807, 2.05) is 6.92 Å². The van der Waals surface area contributed by atoms with Crippen LogP contribution < -0.4 is 5.32 Å². The Morgan fingerprint density at radius 2 is 1.94 bits per heavy atom. The lowest BCUT2D eigenvalue weighted by Crippen LogP contribution is -2.31. The van der Waals surface area contributed by atoms with Crippen LogP contribution in [0.4, 0.5) is 14.8 Å². The van der Waals surface area contributed by atoms with Crippen molar-refractivity contribution in [2.75, 3.05) is 26.1 Å². The van der Waals surface area contributed by atoms with Crippen molar-refractivity contribution in [3.8, 4) is 22.6 Å². The molecule has 4 rings (SSSR count). The van der Waals surface area contributed by atoms with Crippen molar-refractivity contribution in [2.45, 2.75) is 38.6 Å². The number of hydrogen-bond donors (Lipinski definition) is 2. The number of ether oxygens (including phenoxy) is 2. The molecule has 0 fully saturated rings. The number of benzene rings is 1. The van der Waals surface area contributed by atoms with E-state index in [1.54, 1.807) is 33.1 Å². The Morgan fingerprint density at radius 1 is 1.17 bits per heavy atom. The minimum Gasteiger partial charge on any atom is -0.468 e. The third-order valence-electron chi connectivity index (χ3n) is 5.81. The van der Waals surface area contributed by atoms with Crippen molar-refractivity contribution >= 4 is 23.2 Å². The number of nitrogens with zero attached hydrogens (tertiary/aromatic N) is 3. The molecule has 0 bridgehead atoms. The lowest BCUT2D eigenvalue weighted by Gasteiger charge is -2.18. The SMILES string of the molecule is COCCC(C)Nc1nc2ccc(-c3[nH]c(C(C)(C)C(=O)OC)nc3-c3ccc(F)cc3F)nc2o1. The molecule has 0 aliphatic carbocycles. The molecule has 0 radical (unpaired) electrons. The molecule has 36 heavy (non-hydrogen) atoms. The number of oxazole rings is 1. The molecule has 4 aromatic rings. The summed E-state index contributed by atoms with van der Waals surface area (Å²) in [6, 6.07) is 6.95. The summed E-state index contributed by atoms with van der Waals surface area (Å²) in [6.45, 7) is 5.82. The molecule has 1 atom stereocenters. The molecule has 1 unspecified atom stereocenters. The van der Waals surface area contributed by atoms with Crippen molar-refractivity contribution in [3.05, 3.63) is 47.8 Å². The number of imidazole rings is 1. The molecule has 0 aliphatic rings. The van der Waals surface area contributed by atoms with Gasteiger partial charge in [0.15, 0.2) is 0 Å². The lowest BCUT2D eigenvalue weighted by atomic mass is 9.93. The summed E-state index contributed by atoms with van der Waals surface area (Å²) < 4.78 is 44.2. The first-order chi connectivity index (χ1) is 17.1. The van der Waals surface area contributed by atoms with Crippen LogP contribution >= 0.6 is 0 Å². The van der Waals surface area contributed by atoms with Crippen LogP contribution in [0.2, 0.25) is 0 Å². The molecule has 3 heterocycles. The first-order valence-corrected chi connectivity index (χ1v) is 11.3. The Morgan fingerprint density at radius 3 is 2.64 bits per heavy atom. The van der Waals surface area contributed by atoms with Gasteiger partial charge in [-0.25, -0.2) is 18.7 Å². The zero-order chi connectivity index (χ0) is 26.0. The molecule has 9 nitrogen and oxygen atoms in total. The van der Waals surface area contributed by atoms with Crippen LogP contribution in [-0.2, 0) is 19.7 Å². The number of nitrogens with one attached hydrogen (secondary N) is 2. The lowest BCUT2D eigenvalue weighted by molar-refractivity contribution is -0.146. The number of carbonyl (C=O) groups excluding carboxylic acids is 1. The van der Waals surface area contributed by atoms with Gasteiger partial charge in [-0.1, -0.05) is 0 Å². The number of carbonyl (C=O) groups is 1. The highest BCUT2D eigenvalue weighted by Crippen LogP contribution is 2.35. The fraction of sp³-hybridized carbons (Fsp3) is 0.360. The van der Waals surface area contributed by atoms with E-state index >= 15 is 0 Å². The van der Waals surface area contributed by atoms with Gasteiger partial charge in [-0.05, 0) is 51.5 Å². The Labute approximate surface area is 206 Å². The summed E-state index contributed by atoms with van der Waals surface area (Å²) in [6.07, 6.45) is 0.757. The molecule has 11 heteroatoms. The third-order valence-corrected chi connectivity index (χ3v) is 5.81. The fourth-order valence-electron chi connectivity index (χ4n) is 3.68. The average molecular weight is 500 g/mol. The Bertz CT molecular complexity index is 1400. The summed E-state index contributed by atoms with van der Waals surface area (Å²) in [7, 11) is 2.91. The predicted molar refractivity (Wildman–Crippen MR) is 129 cm³/mol. The quantitative estimate of drug-likeness (QED) is 0.314. The highest BCUT2D eigenvalue weighted by molar-refractivity contribution is 5.84. The van der Waals surface area contributed by atoms with E-state index < -0.39 is 23.0 Å². The highest BCUT2D eigenvalue weighted by Gasteiger charge is 2.36. The van der Waals surface area contributed by atoms with Gasteiger partial charge in [0.2, 0.25) is 5.71 Å². The highest BCUT2D eigenvalue weighted by atomic mass is 19.1. The van der Waals surface area contributed by atoms with Gasteiger partial charge in [-0.3, -0.25) is 4.79 Å². The molecule has 0 saturated carbocycles. The number of H-pyrrole nitrogens is 1. The van der Waals surface area contributed by atoms with Gasteiger partial charge in [-0.15, -0.1) is 0 Å². The molecule has 190 valence electrons. The molecule has 0 spiro atoms. The molecular formula is C25H27F2N5O4. The van der Waals surface area contributed by atoms with Gasteiger partial charge in [0.1, 0.15) is 34.1 Å². The molecule has 3 aromatic heterocycles. The summed E-state index contributed by atoms with van der Waals surface area (Å²) in [4.78, 5) is 29.0. The van der Waals surface area contributed by atoms with E-state index in [0.717, 1.165) is 18.6 Å². The average Bonchev–Trinajstić information content (AvgIpc) is 3.46. The van der Waals surface area contributed by atoms with Crippen LogP contribution in [-0.4, -0.2) is 52.8 Å². The van der Waals surface area contributed by atoms with Crippen molar-refractivity contribution in [2.24, 2.45) is 0 Å². The zero-order valence-corrected chi connectivity index (χ0v) is 20.6. The maximum absolute atomic E-state index is 14.8. The van der Waals surface area contributed by atoms with Gasteiger partial charge in [0, 0.05) is 31.4 Å². The number of aromatic nitrogens is 4. The molecule has 0 saturated heterocycles. The van der Waals surface area contributed by atoms with Crippen molar-refractivity contribution in [3.63, 3.8) is 0 Å². The van der Waals surface area contributed by atoms with E-state index in [9.17, 15) is 13.6 Å². The van der Waals surface area contributed by atoms with Crippen LogP contribution in [0.25, 0.3) is 33.9 Å². The summed E-state index contributed by atoms with van der Waals surface area (Å²) in [5.74, 6) is -1.82. The fourth-order valence-corrected chi connectivity index (χ4v) is 3.68. The summed E-state index contributed by atoms with van der Waals surface area (Å²) in [5, 5.41) is 3.16. The maximum atomic E-state index is 14.8. The second kappa shape index (κ2) is 10.0. The number of esters is 1. The second-order valence-corrected chi connectivity index (χ2v) is 8.92. The Hall–Kier alpha value is -3.86. The number of halogens is 2. The topological polar surface area (TPSA) is 115 Å². The normalized spacial score (nSPS) is 12.6. The van der Waals surface area contributed by atoms with E-state index in [-0.39, 0.29) is 28.8 Å². The number of hydrogen-bond acceptors (Lipinski definition) is 8. The third kappa shape index (κ3) is 4.92. The first kappa shape index (κ1) is 25.2. The Balaban J connectivity index is 1.79. The minimum atomic E-state index is -1.18. The number of methoxy groups -OCH3 is 2. The van der Waals surface area contributed by atoms with Crippen LogP contribution in [0.3, 0.4) is 0 Å². The number of pyridine rings is 1. The van der Waals surface area contributed by atoms with Crippen LogP contribution in [0, 0.1) is 11.6 Å². The molecule has 2 N–H and O–H groups in total. The van der Waals surface area contributed by atoms with Crippen molar-refractivity contribution in [1.29, 1.82) is 0 Å². The number of anilines is 1. The summed E-state index contributed by atoms with van der Waals surface area (Å²) >= 11 is 0. The van der Waals surface area contributed by atoms with Crippen LogP contribution in [0.15, 0.2) is 34.7 Å². The van der Waals surface area contributed by atoms with Gasteiger partial charge in [-0.2, -0.15) is 4.98 Å². The number of aromatic amines is 1. The van der Waals surface area contributed by atoms with E-state index in [4.69, 9.17) is 13.9 Å². The minimum absolute atomic E-state index is 0.0448. The predicted octanol–water partition coefficient (Wildman–Crippen LogP) is 4.85. The van der Waals surface area contributed by atoms with Crippen LogP contribution in [0.5, 0.6) is 0 Å². The molecule has 0 aliphatic heterocycles. The largest absolute Gasteiger partial charge is 0.468 e. The molecular weight excluding hydrogens is 472 g/mol.